The van der Waals surface area contributed by atoms with Gasteiger partial charge in [0.2, 0.25) is 0 Å². The van der Waals surface area contributed by atoms with Gasteiger partial charge in [-0.25, -0.2) is 9.59 Å². The first-order valence-corrected chi connectivity index (χ1v) is 8.81. The summed E-state index contributed by atoms with van der Waals surface area (Å²) in [6.07, 6.45) is 10.8. The van der Waals surface area contributed by atoms with E-state index >= 15 is 0 Å². The topological polar surface area (TPSA) is 89.9 Å². The molecule has 1 heterocycles. The van der Waals surface area contributed by atoms with Gasteiger partial charge in [-0.15, -0.1) is 6.42 Å². The van der Waals surface area contributed by atoms with Crippen LogP contribution in [0.5, 0.6) is 0 Å². The summed E-state index contributed by atoms with van der Waals surface area (Å²) in [6.45, 7) is 5.67. The molecular weight excluding hydrogens is 332 g/mol. The van der Waals surface area contributed by atoms with Crippen LogP contribution < -0.4 is 10.2 Å². The maximum Gasteiger partial charge on any atom is 0.414 e. The number of aliphatic carboxylic acids is 2. The fourth-order valence-electron chi connectivity index (χ4n) is 3.78. The third-order valence-electron chi connectivity index (χ3n) is 4.82. The van der Waals surface area contributed by atoms with E-state index in [2.05, 4.69) is 54.3 Å². The summed E-state index contributed by atoms with van der Waals surface area (Å²) in [7, 11) is 0. The van der Waals surface area contributed by atoms with Crippen molar-refractivity contribution in [2.45, 2.75) is 57.2 Å². The number of carbonyl (C=O) groups is 2. The van der Waals surface area contributed by atoms with Gasteiger partial charge in [0.25, 0.3) is 0 Å². The second-order valence-electron chi connectivity index (χ2n) is 7.42. The summed E-state index contributed by atoms with van der Waals surface area (Å²) in [5, 5.41) is 18.6. The highest BCUT2D eigenvalue weighted by Gasteiger charge is 2.40. The number of hydrogen-bond donors (Lipinski definition) is 3. The Morgan fingerprint density at radius 1 is 1.15 bits per heavy atom. The molecule has 6 heteroatoms. The zero-order chi connectivity index (χ0) is 19.3. The summed E-state index contributed by atoms with van der Waals surface area (Å²) >= 11 is 0. The quantitative estimate of drug-likeness (QED) is 0.527. The Labute approximate surface area is 154 Å². The molecule has 2 aliphatic rings. The van der Waals surface area contributed by atoms with E-state index in [1.807, 2.05) is 0 Å². The van der Waals surface area contributed by atoms with Crippen LogP contribution in [0.25, 0.3) is 0 Å². The van der Waals surface area contributed by atoms with E-state index in [0.29, 0.717) is 12.1 Å². The maximum absolute atomic E-state index is 9.10. The molecule has 1 aliphatic heterocycles. The van der Waals surface area contributed by atoms with Crippen LogP contribution in [0.1, 0.15) is 45.1 Å². The average Bonchev–Trinajstić information content (AvgIpc) is 2.60. The molecule has 3 N–H and O–H groups in total. The second-order valence-corrected chi connectivity index (χ2v) is 7.42. The standard InChI is InChI=1S/C18H24N2.C2H2O4/c1-4-14-9-11-15(12-10-14)20-13-18(2,3)19-16-7-5-6-8-17(16)20;3-1(4)2(5)6/h1,9-12,16-17,19H,5-8,13H2,2-3H3;(H,3,4)(H,5,6)/t16-,17-;/m1./s1. The van der Waals surface area contributed by atoms with Crippen molar-refractivity contribution in [1.82, 2.24) is 5.32 Å². The molecule has 3 rings (SSSR count). The minimum Gasteiger partial charge on any atom is -0.473 e. The molecule has 0 spiro atoms. The van der Waals surface area contributed by atoms with E-state index in [4.69, 9.17) is 26.2 Å². The zero-order valence-electron chi connectivity index (χ0n) is 15.2. The van der Waals surface area contributed by atoms with Crippen LogP contribution in [-0.2, 0) is 9.59 Å². The molecule has 0 aromatic heterocycles. The van der Waals surface area contributed by atoms with E-state index in [-0.39, 0.29) is 5.54 Å². The first-order chi connectivity index (χ1) is 12.2. The Bertz CT molecular complexity index is 679. The first kappa shape index (κ1) is 19.8. The SMILES string of the molecule is C#Cc1ccc(N2CC(C)(C)N[C@@H]3CCCC[C@H]32)cc1.O=C(O)C(=O)O. The smallest absolute Gasteiger partial charge is 0.414 e. The number of anilines is 1. The van der Waals surface area contributed by atoms with Crippen molar-refractivity contribution >= 4 is 17.6 Å². The van der Waals surface area contributed by atoms with Crippen LogP contribution in [0.15, 0.2) is 24.3 Å². The normalized spacial score (nSPS) is 23.7. The Balaban J connectivity index is 0.000000352. The summed E-state index contributed by atoms with van der Waals surface area (Å²) in [5.41, 5.74) is 2.45. The molecule has 0 amide bonds. The van der Waals surface area contributed by atoms with Crippen molar-refractivity contribution < 1.29 is 19.8 Å². The Morgan fingerprint density at radius 3 is 2.27 bits per heavy atom. The number of terminal acetylenes is 1. The molecule has 0 bridgehead atoms. The number of rotatable bonds is 1. The van der Waals surface area contributed by atoms with Crippen molar-refractivity contribution in [2.24, 2.45) is 0 Å². The van der Waals surface area contributed by atoms with Crippen LogP contribution in [0.4, 0.5) is 5.69 Å². The molecule has 0 radical (unpaired) electrons. The van der Waals surface area contributed by atoms with Crippen molar-refractivity contribution in [1.29, 1.82) is 0 Å². The lowest BCUT2D eigenvalue weighted by atomic mass is 9.83. The molecule has 1 saturated heterocycles. The summed E-state index contributed by atoms with van der Waals surface area (Å²) in [4.78, 5) is 20.8. The fourth-order valence-corrected chi connectivity index (χ4v) is 3.78. The van der Waals surface area contributed by atoms with Gasteiger partial charge >= 0.3 is 11.9 Å². The van der Waals surface area contributed by atoms with E-state index in [1.54, 1.807) is 0 Å². The van der Waals surface area contributed by atoms with Crippen LogP contribution in [0.3, 0.4) is 0 Å². The number of nitrogens with zero attached hydrogens (tertiary/aromatic N) is 1. The summed E-state index contributed by atoms with van der Waals surface area (Å²) in [5.74, 6) is -0.949. The van der Waals surface area contributed by atoms with E-state index in [9.17, 15) is 0 Å². The number of benzene rings is 1. The van der Waals surface area contributed by atoms with Crippen molar-refractivity contribution in [3.63, 3.8) is 0 Å². The molecule has 1 saturated carbocycles. The third-order valence-corrected chi connectivity index (χ3v) is 4.82. The number of carboxylic acids is 2. The maximum atomic E-state index is 9.10. The van der Waals surface area contributed by atoms with Crippen LogP contribution in [0.2, 0.25) is 0 Å². The first-order valence-electron chi connectivity index (χ1n) is 8.81. The molecule has 1 aliphatic carbocycles. The van der Waals surface area contributed by atoms with E-state index in [0.717, 1.165) is 12.1 Å². The largest absolute Gasteiger partial charge is 0.473 e. The van der Waals surface area contributed by atoms with Gasteiger partial charge in [-0.3, -0.25) is 0 Å². The molecule has 2 atom stereocenters. The summed E-state index contributed by atoms with van der Waals surface area (Å²) < 4.78 is 0. The van der Waals surface area contributed by atoms with Gasteiger partial charge < -0.3 is 20.4 Å². The van der Waals surface area contributed by atoms with Crippen LogP contribution in [0, 0.1) is 12.3 Å². The predicted octanol–water partition coefficient (Wildman–Crippen LogP) is 2.32. The molecule has 26 heavy (non-hydrogen) atoms. The third kappa shape index (κ3) is 4.99. The molecule has 2 fully saturated rings. The number of hydrogen-bond acceptors (Lipinski definition) is 4. The highest BCUT2D eigenvalue weighted by atomic mass is 16.4. The summed E-state index contributed by atoms with van der Waals surface area (Å²) in [6, 6.07) is 9.74. The van der Waals surface area contributed by atoms with Crippen LogP contribution >= 0.6 is 0 Å². The number of piperazine rings is 1. The van der Waals surface area contributed by atoms with Crippen LogP contribution in [-0.4, -0.2) is 46.3 Å². The molecule has 0 unspecified atom stereocenters. The monoisotopic (exact) mass is 358 g/mol. The van der Waals surface area contributed by atoms with Gasteiger partial charge in [0, 0.05) is 35.4 Å². The Hall–Kier alpha value is -2.52. The Kier molecular flexibility index (Phi) is 6.27. The minimum absolute atomic E-state index is 0.170. The molecule has 1 aromatic rings. The van der Waals surface area contributed by atoms with Crippen molar-refractivity contribution in [2.75, 3.05) is 11.4 Å². The molecule has 1 aromatic carbocycles. The number of nitrogens with one attached hydrogen (secondary N) is 1. The molecular formula is C20H26N2O4. The van der Waals surface area contributed by atoms with Gasteiger partial charge in [0.15, 0.2) is 0 Å². The van der Waals surface area contributed by atoms with Gasteiger partial charge in [0.1, 0.15) is 0 Å². The van der Waals surface area contributed by atoms with Gasteiger partial charge in [-0.1, -0.05) is 18.8 Å². The van der Waals surface area contributed by atoms with Gasteiger partial charge in [0.05, 0.1) is 0 Å². The van der Waals surface area contributed by atoms with Gasteiger partial charge in [-0.2, -0.15) is 0 Å². The highest BCUT2D eigenvalue weighted by Crippen LogP contribution is 2.33. The molecule has 140 valence electrons. The lowest BCUT2D eigenvalue weighted by Crippen LogP contribution is -2.67. The highest BCUT2D eigenvalue weighted by molar-refractivity contribution is 6.27. The second kappa shape index (κ2) is 8.24. The molecule has 6 nitrogen and oxygen atoms in total. The van der Waals surface area contributed by atoms with E-state index in [1.165, 1.54) is 31.4 Å². The number of fused-ring (bicyclic) bond motifs is 1. The lowest BCUT2D eigenvalue weighted by molar-refractivity contribution is -0.159. The Morgan fingerprint density at radius 2 is 1.73 bits per heavy atom. The fraction of sp³-hybridized carbons (Fsp3) is 0.500. The average molecular weight is 358 g/mol. The zero-order valence-corrected chi connectivity index (χ0v) is 15.2. The van der Waals surface area contributed by atoms with Crippen molar-refractivity contribution in [3.8, 4) is 12.3 Å². The minimum atomic E-state index is -1.82. The number of carboxylic acid groups (broad SMARTS) is 2. The lowest BCUT2D eigenvalue weighted by Gasteiger charge is -2.52. The van der Waals surface area contributed by atoms with Gasteiger partial charge in [-0.05, 0) is 51.0 Å². The van der Waals surface area contributed by atoms with E-state index < -0.39 is 11.9 Å². The van der Waals surface area contributed by atoms with Crippen molar-refractivity contribution in [3.05, 3.63) is 29.8 Å². The predicted molar refractivity (Wildman–Crippen MR) is 100 cm³/mol.